The molecule has 1 amide bonds. The van der Waals surface area contributed by atoms with Crippen molar-refractivity contribution in [2.75, 3.05) is 6.61 Å². The standard InChI is InChI=1S/C19H22FNO4S/c1-3-25-13-16-6-4-15(5-7-16)12-21-19(22)14(2)26(23,24)18-10-8-17(20)9-11-18/h4-11,14H,3,12-13H2,1-2H3,(H,21,22). The highest BCUT2D eigenvalue weighted by Gasteiger charge is 2.29. The van der Waals surface area contributed by atoms with Crippen molar-refractivity contribution in [1.29, 1.82) is 0 Å². The largest absolute Gasteiger partial charge is 0.377 e. The molecule has 0 radical (unpaired) electrons. The number of halogens is 1. The smallest absolute Gasteiger partial charge is 0.238 e. The number of benzene rings is 2. The quantitative estimate of drug-likeness (QED) is 0.716. The van der Waals surface area contributed by atoms with Gasteiger partial charge < -0.3 is 10.1 Å². The summed E-state index contributed by atoms with van der Waals surface area (Å²) in [5.41, 5.74) is 1.87. The molecule has 140 valence electrons. The van der Waals surface area contributed by atoms with Gasteiger partial charge in [0.15, 0.2) is 9.84 Å². The predicted octanol–water partition coefficient (Wildman–Crippen LogP) is 2.84. The molecule has 0 saturated carbocycles. The number of hydrogen-bond acceptors (Lipinski definition) is 4. The van der Waals surface area contributed by atoms with Crippen molar-refractivity contribution >= 4 is 15.7 Å². The molecule has 0 saturated heterocycles. The number of nitrogens with one attached hydrogen (secondary N) is 1. The third-order valence-electron chi connectivity index (χ3n) is 3.94. The third-order valence-corrected chi connectivity index (χ3v) is 6.01. The first-order valence-corrected chi connectivity index (χ1v) is 9.82. The third kappa shape index (κ3) is 5.12. The number of sulfone groups is 1. The van der Waals surface area contributed by atoms with Gasteiger partial charge in [-0.25, -0.2) is 12.8 Å². The maximum absolute atomic E-state index is 13.0. The zero-order chi connectivity index (χ0) is 19.2. The van der Waals surface area contributed by atoms with Crippen LogP contribution in [0.1, 0.15) is 25.0 Å². The number of hydrogen-bond donors (Lipinski definition) is 1. The second-order valence-corrected chi connectivity index (χ2v) is 8.08. The molecule has 0 fully saturated rings. The Balaban J connectivity index is 1.97. The molecule has 0 spiro atoms. The number of carbonyl (C=O) groups is 1. The SMILES string of the molecule is CCOCc1ccc(CNC(=O)C(C)S(=O)(=O)c2ccc(F)cc2)cc1. The summed E-state index contributed by atoms with van der Waals surface area (Å²) < 4.78 is 43.2. The topological polar surface area (TPSA) is 72.5 Å². The molecule has 0 aliphatic rings. The fourth-order valence-corrected chi connectivity index (χ4v) is 3.56. The lowest BCUT2D eigenvalue weighted by molar-refractivity contribution is -0.120. The van der Waals surface area contributed by atoms with Crippen LogP contribution in [0.15, 0.2) is 53.4 Å². The molecular formula is C19H22FNO4S. The van der Waals surface area contributed by atoms with Crippen molar-refractivity contribution in [2.45, 2.75) is 37.1 Å². The maximum Gasteiger partial charge on any atom is 0.238 e. The van der Waals surface area contributed by atoms with Gasteiger partial charge in [0, 0.05) is 13.2 Å². The number of amides is 1. The fourth-order valence-electron chi connectivity index (χ4n) is 2.28. The number of carbonyl (C=O) groups excluding carboxylic acids is 1. The molecule has 0 aliphatic heterocycles. The van der Waals surface area contributed by atoms with Crippen LogP contribution in [-0.4, -0.2) is 26.2 Å². The summed E-state index contributed by atoms with van der Waals surface area (Å²) in [6.45, 7) is 4.62. The first-order chi connectivity index (χ1) is 12.3. The van der Waals surface area contributed by atoms with Gasteiger partial charge in [0.25, 0.3) is 0 Å². The molecule has 7 heteroatoms. The Labute approximate surface area is 153 Å². The summed E-state index contributed by atoms with van der Waals surface area (Å²) >= 11 is 0. The normalized spacial score (nSPS) is 12.6. The van der Waals surface area contributed by atoms with Gasteiger partial charge in [-0.1, -0.05) is 24.3 Å². The van der Waals surface area contributed by atoms with Crippen LogP contribution in [-0.2, 0) is 32.5 Å². The second kappa shape index (κ2) is 8.91. The first-order valence-electron chi connectivity index (χ1n) is 8.27. The minimum Gasteiger partial charge on any atom is -0.377 e. The molecule has 26 heavy (non-hydrogen) atoms. The van der Waals surface area contributed by atoms with Gasteiger partial charge in [0.2, 0.25) is 5.91 Å². The van der Waals surface area contributed by atoms with Gasteiger partial charge in [0.05, 0.1) is 11.5 Å². The van der Waals surface area contributed by atoms with Crippen LogP contribution in [0, 0.1) is 5.82 Å². The Bertz CT molecular complexity index is 833. The van der Waals surface area contributed by atoms with E-state index in [0.29, 0.717) is 13.2 Å². The molecule has 1 unspecified atom stereocenters. The van der Waals surface area contributed by atoms with E-state index in [1.807, 2.05) is 31.2 Å². The lowest BCUT2D eigenvalue weighted by Crippen LogP contribution is -2.37. The lowest BCUT2D eigenvalue weighted by Gasteiger charge is -2.14. The molecule has 2 rings (SSSR count). The average Bonchev–Trinajstić information content (AvgIpc) is 2.65. The van der Waals surface area contributed by atoms with Crippen molar-refractivity contribution in [2.24, 2.45) is 0 Å². The zero-order valence-corrected chi connectivity index (χ0v) is 15.6. The van der Waals surface area contributed by atoms with Crippen LogP contribution in [0.4, 0.5) is 4.39 Å². The molecule has 0 bridgehead atoms. The lowest BCUT2D eigenvalue weighted by atomic mass is 10.1. The summed E-state index contributed by atoms with van der Waals surface area (Å²) in [7, 11) is -3.87. The van der Waals surface area contributed by atoms with Crippen LogP contribution in [0.5, 0.6) is 0 Å². The molecule has 1 atom stereocenters. The summed E-state index contributed by atoms with van der Waals surface area (Å²) in [6.07, 6.45) is 0. The molecule has 0 aromatic heterocycles. The molecular weight excluding hydrogens is 357 g/mol. The molecule has 1 N–H and O–H groups in total. The van der Waals surface area contributed by atoms with Gasteiger partial charge in [0.1, 0.15) is 11.1 Å². The van der Waals surface area contributed by atoms with Gasteiger partial charge in [-0.3, -0.25) is 4.79 Å². The maximum atomic E-state index is 13.0. The van der Waals surface area contributed by atoms with Gasteiger partial charge in [-0.05, 0) is 49.2 Å². The van der Waals surface area contributed by atoms with E-state index < -0.39 is 26.8 Å². The van der Waals surface area contributed by atoms with Gasteiger partial charge in [-0.15, -0.1) is 0 Å². The van der Waals surface area contributed by atoms with Crippen molar-refractivity contribution in [3.05, 3.63) is 65.5 Å². The van der Waals surface area contributed by atoms with Crippen LogP contribution >= 0.6 is 0 Å². The van der Waals surface area contributed by atoms with Crippen molar-refractivity contribution in [1.82, 2.24) is 5.32 Å². The predicted molar refractivity (Wildman–Crippen MR) is 96.7 cm³/mol. The van der Waals surface area contributed by atoms with E-state index in [2.05, 4.69) is 5.32 Å². The number of rotatable bonds is 8. The van der Waals surface area contributed by atoms with Crippen molar-refractivity contribution < 1.29 is 22.3 Å². The highest BCUT2D eigenvalue weighted by Crippen LogP contribution is 2.17. The van der Waals surface area contributed by atoms with E-state index in [0.717, 1.165) is 35.4 Å². The fraction of sp³-hybridized carbons (Fsp3) is 0.316. The van der Waals surface area contributed by atoms with E-state index in [9.17, 15) is 17.6 Å². The summed E-state index contributed by atoms with van der Waals surface area (Å²) in [4.78, 5) is 12.1. The van der Waals surface area contributed by atoms with E-state index in [4.69, 9.17) is 4.74 Å². The zero-order valence-electron chi connectivity index (χ0n) is 14.7. The van der Waals surface area contributed by atoms with E-state index >= 15 is 0 Å². The minimum absolute atomic E-state index is 0.0816. The average molecular weight is 379 g/mol. The van der Waals surface area contributed by atoms with Gasteiger partial charge >= 0.3 is 0 Å². The highest BCUT2D eigenvalue weighted by atomic mass is 32.2. The summed E-state index contributed by atoms with van der Waals surface area (Å²) in [6, 6.07) is 11.9. The number of ether oxygens (including phenoxy) is 1. The van der Waals surface area contributed by atoms with E-state index in [-0.39, 0.29) is 11.4 Å². The molecule has 2 aromatic rings. The molecule has 0 aliphatic carbocycles. The Morgan fingerprint density at radius 2 is 1.65 bits per heavy atom. The van der Waals surface area contributed by atoms with Gasteiger partial charge in [-0.2, -0.15) is 0 Å². The molecule has 0 heterocycles. The molecule has 5 nitrogen and oxygen atoms in total. The highest BCUT2D eigenvalue weighted by molar-refractivity contribution is 7.92. The Morgan fingerprint density at radius 3 is 2.23 bits per heavy atom. The van der Waals surface area contributed by atoms with E-state index in [1.165, 1.54) is 6.92 Å². The van der Waals surface area contributed by atoms with Crippen molar-refractivity contribution in [3.63, 3.8) is 0 Å². The van der Waals surface area contributed by atoms with Crippen molar-refractivity contribution in [3.8, 4) is 0 Å². The summed E-state index contributed by atoms with van der Waals surface area (Å²) in [5.74, 6) is -1.14. The Kier molecular flexibility index (Phi) is 6.88. The van der Waals surface area contributed by atoms with Crippen LogP contribution in [0.25, 0.3) is 0 Å². The van der Waals surface area contributed by atoms with Crippen LogP contribution in [0.3, 0.4) is 0 Å². The van der Waals surface area contributed by atoms with Crippen LogP contribution < -0.4 is 5.32 Å². The van der Waals surface area contributed by atoms with E-state index in [1.54, 1.807) is 0 Å². The monoisotopic (exact) mass is 379 g/mol. The second-order valence-electron chi connectivity index (χ2n) is 5.81. The van der Waals surface area contributed by atoms with Crippen LogP contribution in [0.2, 0.25) is 0 Å². The first kappa shape index (κ1) is 20.1. The Morgan fingerprint density at radius 1 is 1.08 bits per heavy atom. The molecule has 2 aromatic carbocycles. The minimum atomic E-state index is -3.87. The Hall–Kier alpha value is -2.25. The summed E-state index contributed by atoms with van der Waals surface area (Å²) in [5, 5.41) is 1.35.